The second kappa shape index (κ2) is 10.3. The lowest BCUT2D eigenvalue weighted by Crippen LogP contribution is -2.61. The molecule has 0 bridgehead atoms. The van der Waals surface area contributed by atoms with E-state index < -0.39 is 70.4 Å². The Hall–Kier alpha value is -4.01. The summed E-state index contributed by atoms with van der Waals surface area (Å²) in [6.07, 6.45) is -6.84. The summed E-state index contributed by atoms with van der Waals surface area (Å²) in [4.78, 5) is 46.4. The van der Waals surface area contributed by atoms with Gasteiger partial charge in [-0.3, -0.25) is 14.9 Å². The number of alkyl halides is 5. The van der Waals surface area contributed by atoms with Crippen molar-refractivity contribution in [3.8, 4) is 5.75 Å². The summed E-state index contributed by atoms with van der Waals surface area (Å²) in [6.45, 7) is -2.37. The number of nitro benzene ring substituents is 1. The van der Waals surface area contributed by atoms with Gasteiger partial charge in [-0.2, -0.15) is 22.0 Å². The third-order valence-electron chi connectivity index (χ3n) is 4.68. The number of halogens is 6. The molecule has 0 aromatic heterocycles. The largest absolute Gasteiger partial charge is 0.480 e. The summed E-state index contributed by atoms with van der Waals surface area (Å²) in [5.74, 6) is -12.1. The molecule has 0 radical (unpaired) electrons. The first-order valence-electron chi connectivity index (χ1n) is 9.40. The summed E-state index contributed by atoms with van der Waals surface area (Å²) < 4.78 is 67.9. The van der Waals surface area contributed by atoms with Crippen molar-refractivity contribution in [2.24, 2.45) is 0 Å². The average Bonchev–Trinajstić information content (AvgIpc) is 2.77. The molecule has 0 saturated carbocycles. The third-order valence-corrected chi connectivity index (χ3v) is 4.93. The number of nitro groups is 1. The van der Waals surface area contributed by atoms with Gasteiger partial charge in [0.05, 0.1) is 4.92 Å². The van der Waals surface area contributed by atoms with Crippen LogP contribution in [0.5, 0.6) is 5.75 Å². The quantitative estimate of drug-likeness (QED) is 0.178. The molecule has 0 aliphatic carbocycles. The summed E-state index contributed by atoms with van der Waals surface area (Å²) in [7, 11) is 0. The van der Waals surface area contributed by atoms with E-state index in [4.69, 9.17) is 11.6 Å². The third kappa shape index (κ3) is 6.16. The van der Waals surface area contributed by atoms with Gasteiger partial charge in [-0.15, -0.1) is 0 Å². The van der Waals surface area contributed by atoms with Crippen LogP contribution in [0, 0.1) is 10.1 Å². The fraction of sp³-hybridized carbons (Fsp3) is 0.250. The number of rotatable bonds is 10. The van der Waals surface area contributed by atoms with Gasteiger partial charge in [-0.05, 0) is 23.8 Å². The number of carboxylic acid groups (broad SMARTS) is 2. The zero-order chi connectivity index (χ0) is 27.5. The number of nitrogens with one attached hydrogen (secondary N) is 1. The van der Waals surface area contributed by atoms with Gasteiger partial charge in [0.25, 0.3) is 5.91 Å². The van der Waals surface area contributed by atoms with Crippen molar-refractivity contribution in [3.63, 3.8) is 0 Å². The first-order valence-corrected chi connectivity index (χ1v) is 9.77. The van der Waals surface area contributed by atoms with Crippen LogP contribution in [0.1, 0.15) is 15.9 Å². The van der Waals surface area contributed by atoms with E-state index in [9.17, 15) is 56.7 Å². The van der Waals surface area contributed by atoms with Crippen LogP contribution in [0.15, 0.2) is 42.5 Å². The smallest absolute Gasteiger partial charge is 0.456 e. The second-order valence-corrected chi connectivity index (χ2v) is 7.64. The Labute approximate surface area is 202 Å². The lowest BCUT2D eigenvalue weighted by Gasteiger charge is -2.26. The molecule has 0 saturated heterocycles. The Balaban J connectivity index is 2.43. The molecule has 0 heterocycles. The van der Waals surface area contributed by atoms with Crippen molar-refractivity contribution in [1.29, 1.82) is 0 Å². The van der Waals surface area contributed by atoms with Crippen molar-refractivity contribution in [1.82, 2.24) is 5.32 Å². The number of hydrogen-bond donors (Lipinski definition) is 3. The minimum absolute atomic E-state index is 0.117. The Morgan fingerprint density at radius 3 is 2.03 bits per heavy atom. The van der Waals surface area contributed by atoms with Gasteiger partial charge in [0.1, 0.15) is 0 Å². The summed E-state index contributed by atoms with van der Waals surface area (Å²) >= 11 is 5.73. The van der Waals surface area contributed by atoms with Gasteiger partial charge >= 0.3 is 29.7 Å². The molecule has 10 nitrogen and oxygen atoms in total. The van der Waals surface area contributed by atoms with E-state index in [0.717, 1.165) is 0 Å². The Bertz CT molecular complexity index is 1170. The maximum Gasteiger partial charge on any atom is 0.456 e. The van der Waals surface area contributed by atoms with Crippen LogP contribution >= 0.6 is 11.6 Å². The highest BCUT2D eigenvalue weighted by atomic mass is 35.5. The molecule has 194 valence electrons. The Kier molecular flexibility index (Phi) is 8.09. The van der Waals surface area contributed by atoms with E-state index in [0.29, 0.717) is 18.2 Å². The summed E-state index contributed by atoms with van der Waals surface area (Å²) in [6, 6.07) is 6.84. The molecular weight excluding hydrogens is 527 g/mol. The molecular formula is C20H14ClF5N2O8. The van der Waals surface area contributed by atoms with Crippen LogP contribution in [0.25, 0.3) is 0 Å². The van der Waals surface area contributed by atoms with Crippen molar-refractivity contribution in [2.75, 3.05) is 6.61 Å². The van der Waals surface area contributed by atoms with Gasteiger partial charge in [0.15, 0.2) is 12.4 Å². The van der Waals surface area contributed by atoms with Crippen molar-refractivity contribution >= 4 is 35.1 Å². The molecule has 0 unspecified atom stereocenters. The minimum Gasteiger partial charge on any atom is -0.480 e. The van der Waals surface area contributed by atoms with Crippen molar-refractivity contribution in [3.05, 3.63) is 68.7 Å². The number of hydrogen-bond acceptors (Lipinski definition) is 6. The van der Waals surface area contributed by atoms with Crippen LogP contribution in [-0.4, -0.2) is 57.2 Å². The lowest BCUT2D eigenvalue weighted by atomic mass is 9.90. The molecule has 3 N–H and O–H groups in total. The van der Waals surface area contributed by atoms with Gasteiger partial charge < -0.3 is 20.3 Å². The van der Waals surface area contributed by atoms with Crippen molar-refractivity contribution in [2.45, 2.75) is 24.1 Å². The molecule has 0 atom stereocenters. The molecule has 2 aromatic rings. The van der Waals surface area contributed by atoms with E-state index in [2.05, 4.69) is 4.74 Å². The van der Waals surface area contributed by atoms with Gasteiger partial charge in [0, 0.05) is 29.1 Å². The van der Waals surface area contributed by atoms with Gasteiger partial charge in [0.2, 0.25) is 5.54 Å². The van der Waals surface area contributed by atoms with E-state index in [-0.39, 0.29) is 10.6 Å². The molecule has 0 spiro atoms. The highest BCUT2D eigenvalue weighted by molar-refractivity contribution is 6.30. The number of aliphatic carboxylic acids is 2. The van der Waals surface area contributed by atoms with Gasteiger partial charge in [-0.25, -0.2) is 9.59 Å². The highest BCUT2D eigenvalue weighted by Crippen LogP contribution is 2.37. The number of ether oxygens (including phenoxy) is 1. The normalized spacial score (nSPS) is 12.1. The SMILES string of the molecule is O=C(NC(Cc1ccc(Cl)cc1)(C(=O)O)C(=O)O)c1ccc([N+](=O)[O-])c(OCC(F)(F)C(F)(F)F)c1. The van der Waals surface area contributed by atoms with E-state index in [1.165, 1.54) is 24.3 Å². The molecule has 0 aliphatic heterocycles. The minimum atomic E-state index is -6.04. The number of carbonyl (C=O) groups is 3. The van der Waals surface area contributed by atoms with E-state index >= 15 is 0 Å². The Morgan fingerprint density at radius 1 is 1.00 bits per heavy atom. The molecule has 16 heteroatoms. The van der Waals surface area contributed by atoms with Crippen LogP contribution in [0.2, 0.25) is 5.02 Å². The van der Waals surface area contributed by atoms with Gasteiger partial charge in [-0.1, -0.05) is 23.7 Å². The lowest BCUT2D eigenvalue weighted by molar-refractivity contribution is -0.386. The highest BCUT2D eigenvalue weighted by Gasteiger charge is 2.58. The number of nitrogens with zero attached hydrogens (tertiary/aromatic N) is 1. The molecule has 2 rings (SSSR count). The molecule has 2 aromatic carbocycles. The van der Waals surface area contributed by atoms with Crippen LogP contribution in [0.3, 0.4) is 0 Å². The fourth-order valence-corrected chi connectivity index (χ4v) is 2.87. The zero-order valence-corrected chi connectivity index (χ0v) is 18.3. The summed E-state index contributed by atoms with van der Waals surface area (Å²) in [5.41, 5.74) is -4.68. The molecule has 36 heavy (non-hydrogen) atoms. The maximum absolute atomic E-state index is 13.2. The Morgan fingerprint density at radius 2 is 1.56 bits per heavy atom. The number of amides is 1. The van der Waals surface area contributed by atoms with Crippen molar-refractivity contribution < 1.29 is 56.2 Å². The predicted octanol–water partition coefficient (Wildman–Crippen LogP) is 3.71. The maximum atomic E-state index is 13.2. The van der Waals surface area contributed by atoms with E-state index in [1.807, 2.05) is 0 Å². The van der Waals surface area contributed by atoms with Crippen LogP contribution in [-0.2, 0) is 16.0 Å². The predicted molar refractivity (Wildman–Crippen MR) is 110 cm³/mol. The zero-order valence-electron chi connectivity index (χ0n) is 17.5. The number of carbonyl (C=O) groups excluding carboxylic acids is 1. The molecule has 0 aliphatic rings. The van der Waals surface area contributed by atoms with Crippen LogP contribution < -0.4 is 10.1 Å². The number of carboxylic acids is 2. The standard InChI is InChI=1S/C20H14ClF5N2O8/c21-12-4-1-10(2-5-12)8-18(16(30)31,17(32)33)27-15(29)11-3-6-13(28(34)35)14(7-11)36-9-19(22,23)20(24,25)26/h1-7H,8-9H2,(H,27,29)(H,30,31)(H,32,33). The van der Waals surface area contributed by atoms with E-state index in [1.54, 1.807) is 5.32 Å². The van der Waals surface area contributed by atoms with Crippen LogP contribution in [0.4, 0.5) is 27.6 Å². The monoisotopic (exact) mass is 540 g/mol. The first-order chi connectivity index (χ1) is 16.5. The topological polar surface area (TPSA) is 156 Å². The fourth-order valence-electron chi connectivity index (χ4n) is 2.74. The first kappa shape index (κ1) is 28.2. The average molecular weight is 541 g/mol. The second-order valence-electron chi connectivity index (χ2n) is 7.20. The summed E-state index contributed by atoms with van der Waals surface area (Å²) in [5, 5.41) is 32.3. The number of benzene rings is 2. The molecule has 1 amide bonds. The molecule has 0 fully saturated rings.